The molecule has 1 aliphatic carbocycles. The van der Waals surface area contributed by atoms with Gasteiger partial charge in [0.1, 0.15) is 34.5 Å². The Hall–Kier alpha value is -5.42. The first-order chi connectivity index (χ1) is 25.6. The van der Waals surface area contributed by atoms with Gasteiger partial charge in [-0.3, -0.25) is 0 Å². The summed E-state index contributed by atoms with van der Waals surface area (Å²) in [5.74, 6) is 3.44. The van der Waals surface area contributed by atoms with E-state index in [1.165, 1.54) is 0 Å². The van der Waals surface area contributed by atoms with E-state index in [1.807, 2.05) is 182 Å². The zero-order valence-electron chi connectivity index (χ0n) is 28.5. The van der Waals surface area contributed by atoms with Crippen molar-refractivity contribution in [2.75, 3.05) is 0 Å². The van der Waals surface area contributed by atoms with E-state index in [1.54, 1.807) is 0 Å². The minimum atomic E-state index is -3.58. The smallest absolute Gasteiger partial charge is 0.401 e. The van der Waals surface area contributed by atoms with Crippen LogP contribution in [0.2, 0.25) is 0 Å². The lowest BCUT2D eigenvalue weighted by Gasteiger charge is -2.32. The summed E-state index contributed by atoms with van der Waals surface area (Å²) in [5.41, 5.74) is 0. The highest BCUT2D eigenvalue weighted by Gasteiger charge is 2.39. The summed E-state index contributed by atoms with van der Waals surface area (Å²) in [6, 6.07) is 56.3. The third-order valence-electron chi connectivity index (χ3n) is 8.06. The summed E-state index contributed by atoms with van der Waals surface area (Å²) >= 11 is 0. The van der Waals surface area contributed by atoms with E-state index in [9.17, 15) is 0 Å². The van der Waals surface area contributed by atoms with Gasteiger partial charge in [-0.05, 0) is 85.6 Å². The third-order valence-corrected chi connectivity index (χ3v) is 11.9. The van der Waals surface area contributed by atoms with Crippen molar-refractivity contribution in [1.29, 1.82) is 0 Å². The molecule has 0 N–H and O–H groups in total. The van der Waals surface area contributed by atoms with E-state index in [0.29, 0.717) is 47.3 Å². The van der Waals surface area contributed by atoms with Gasteiger partial charge in [-0.15, -0.1) is 0 Å². The molecule has 0 heterocycles. The number of hydrogen-bond donors (Lipinski definition) is 0. The van der Waals surface area contributed by atoms with E-state index >= 15 is 0 Å². The second-order valence-electron chi connectivity index (χ2n) is 12.0. The molecule has 7 rings (SSSR count). The second kappa shape index (κ2) is 17.2. The van der Waals surface area contributed by atoms with Gasteiger partial charge in [-0.2, -0.15) is 9.49 Å². The number of rotatable bonds is 14. The van der Waals surface area contributed by atoms with Crippen molar-refractivity contribution in [3.63, 3.8) is 0 Å². The Labute approximate surface area is 305 Å². The third kappa shape index (κ3) is 9.67. The molecule has 1 fully saturated rings. The van der Waals surface area contributed by atoms with Crippen molar-refractivity contribution in [2.24, 2.45) is 9.49 Å². The molecule has 10 heteroatoms. The lowest BCUT2D eigenvalue weighted by atomic mass is 9.92. The highest BCUT2D eigenvalue weighted by Crippen LogP contribution is 2.57. The lowest BCUT2D eigenvalue weighted by molar-refractivity contribution is 0.328. The molecule has 0 radical (unpaired) electrons. The molecule has 0 unspecified atom stereocenters. The Bertz CT molecular complexity index is 1710. The average molecular weight is 731 g/mol. The van der Waals surface area contributed by atoms with Gasteiger partial charge in [0.05, 0.1) is 12.1 Å². The fourth-order valence-corrected chi connectivity index (χ4v) is 9.77. The van der Waals surface area contributed by atoms with Crippen LogP contribution in [-0.2, 0) is 0 Å². The van der Waals surface area contributed by atoms with Gasteiger partial charge in [-0.25, -0.2) is 0 Å². The van der Waals surface area contributed by atoms with Crippen molar-refractivity contribution in [3.05, 3.63) is 182 Å². The Morgan fingerprint density at radius 1 is 0.308 bits per heavy atom. The van der Waals surface area contributed by atoms with E-state index in [0.717, 1.165) is 12.8 Å². The molecule has 1 saturated carbocycles. The quantitative estimate of drug-likeness (QED) is 0.104. The lowest BCUT2D eigenvalue weighted by Crippen LogP contribution is -2.29. The first-order valence-corrected chi connectivity index (χ1v) is 20.3. The first kappa shape index (κ1) is 35.0. The molecule has 264 valence electrons. The van der Waals surface area contributed by atoms with E-state index in [2.05, 4.69) is 0 Å². The summed E-state index contributed by atoms with van der Waals surface area (Å²) in [5, 5.41) is 0. The van der Waals surface area contributed by atoms with Gasteiger partial charge in [0.15, 0.2) is 0 Å². The molecular weight excluding hydrogens is 690 g/mol. The van der Waals surface area contributed by atoms with Gasteiger partial charge >= 0.3 is 15.5 Å². The molecule has 0 aromatic heterocycles. The van der Waals surface area contributed by atoms with Crippen LogP contribution in [0, 0.1) is 0 Å². The summed E-state index contributed by atoms with van der Waals surface area (Å²) in [6.07, 6.45) is 3.30. The standard InChI is InChI=1S/C42H40N2O6P2/c1-7-21-35(22-8-1)45-51(46-36-23-9-2-10-24-36,47-37-25-11-3-12-26-37)43-41-33-19-20-34-42(41)44-52(48-38-27-13-4-14-28-38,49-39-29-15-5-16-30-39)50-40-31-17-6-18-32-40/h1-18,21-32,41-42H,19-20,33-34H2/t41-,42-/m1/s1. The van der Waals surface area contributed by atoms with Crippen LogP contribution in [0.4, 0.5) is 0 Å². The number of benzene rings is 6. The van der Waals surface area contributed by atoms with Crippen LogP contribution in [0.25, 0.3) is 0 Å². The van der Waals surface area contributed by atoms with Gasteiger partial charge in [-0.1, -0.05) is 122 Å². The SMILES string of the molecule is c1ccc(OP(=N[C@@H]2CCCC[C@H]2N=P(Oc2ccccc2)(Oc2ccccc2)Oc2ccccc2)(Oc2ccccc2)Oc2ccccc2)cc1. The largest absolute Gasteiger partial charge is 0.523 e. The van der Waals surface area contributed by atoms with Crippen LogP contribution in [0.3, 0.4) is 0 Å². The molecule has 2 atom stereocenters. The van der Waals surface area contributed by atoms with Gasteiger partial charge in [0.25, 0.3) is 0 Å². The number of hydrogen-bond acceptors (Lipinski definition) is 8. The molecule has 6 aromatic carbocycles. The predicted octanol–water partition coefficient (Wildman–Crippen LogP) is 12.7. The zero-order valence-corrected chi connectivity index (χ0v) is 30.3. The predicted molar refractivity (Wildman–Crippen MR) is 207 cm³/mol. The van der Waals surface area contributed by atoms with Crippen LogP contribution >= 0.6 is 15.5 Å². The van der Waals surface area contributed by atoms with Gasteiger partial charge in [0.2, 0.25) is 0 Å². The number of nitrogens with zero attached hydrogens (tertiary/aromatic N) is 2. The summed E-state index contributed by atoms with van der Waals surface area (Å²) in [6.45, 7) is 0. The summed E-state index contributed by atoms with van der Waals surface area (Å²) in [4.78, 5) is 0. The summed E-state index contributed by atoms with van der Waals surface area (Å²) in [7, 11) is -7.16. The fourth-order valence-electron chi connectivity index (χ4n) is 5.66. The Balaban J connectivity index is 1.39. The molecule has 1 aliphatic rings. The highest BCUT2D eigenvalue weighted by molar-refractivity contribution is 7.53. The Kier molecular flexibility index (Phi) is 11.6. The minimum Gasteiger partial charge on any atom is -0.401 e. The molecule has 8 nitrogen and oxygen atoms in total. The van der Waals surface area contributed by atoms with Crippen LogP contribution in [0.1, 0.15) is 25.7 Å². The topological polar surface area (TPSA) is 80.1 Å². The van der Waals surface area contributed by atoms with Crippen LogP contribution in [0.5, 0.6) is 34.5 Å². The minimum absolute atomic E-state index is 0.393. The molecule has 0 saturated heterocycles. The molecule has 6 aromatic rings. The molecular formula is C42H40N2O6P2. The fraction of sp³-hybridized carbons (Fsp3) is 0.143. The summed E-state index contributed by atoms with van der Waals surface area (Å²) < 4.78 is 51.4. The maximum Gasteiger partial charge on any atom is 0.523 e. The van der Waals surface area contributed by atoms with Crippen LogP contribution in [0.15, 0.2) is 191 Å². The molecule has 52 heavy (non-hydrogen) atoms. The average Bonchev–Trinajstić information content (AvgIpc) is 3.18. The first-order valence-electron chi connectivity index (χ1n) is 17.4. The van der Waals surface area contributed by atoms with E-state index in [-0.39, 0.29) is 0 Å². The second-order valence-corrected chi connectivity index (χ2v) is 15.4. The molecule has 0 aliphatic heterocycles. The van der Waals surface area contributed by atoms with Crippen molar-refractivity contribution in [3.8, 4) is 34.5 Å². The Morgan fingerprint density at radius 3 is 0.692 bits per heavy atom. The van der Waals surface area contributed by atoms with Crippen molar-refractivity contribution >= 4 is 15.5 Å². The van der Waals surface area contributed by atoms with Crippen LogP contribution in [-0.4, -0.2) is 12.1 Å². The monoisotopic (exact) mass is 730 g/mol. The normalized spacial score (nSPS) is 15.8. The van der Waals surface area contributed by atoms with Crippen molar-refractivity contribution in [1.82, 2.24) is 0 Å². The van der Waals surface area contributed by atoms with Gasteiger partial charge in [0, 0.05) is 0 Å². The van der Waals surface area contributed by atoms with Crippen molar-refractivity contribution in [2.45, 2.75) is 37.8 Å². The van der Waals surface area contributed by atoms with Crippen LogP contribution < -0.4 is 27.1 Å². The number of para-hydroxylation sites is 6. The van der Waals surface area contributed by atoms with Gasteiger partial charge < -0.3 is 27.1 Å². The maximum atomic E-state index is 6.75. The molecule has 0 bridgehead atoms. The Morgan fingerprint density at radius 2 is 0.500 bits per heavy atom. The maximum absolute atomic E-state index is 6.75. The van der Waals surface area contributed by atoms with E-state index < -0.39 is 27.6 Å². The highest BCUT2D eigenvalue weighted by atomic mass is 31.2. The van der Waals surface area contributed by atoms with Crippen molar-refractivity contribution < 1.29 is 27.1 Å². The molecule has 0 spiro atoms. The zero-order chi connectivity index (χ0) is 35.3. The van der Waals surface area contributed by atoms with E-state index in [4.69, 9.17) is 36.6 Å². The molecule has 0 amide bonds.